The van der Waals surface area contributed by atoms with E-state index < -0.39 is 0 Å². The zero-order valence-corrected chi connectivity index (χ0v) is 8.46. The molecule has 0 saturated carbocycles. The van der Waals surface area contributed by atoms with Crippen LogP contribution in [-0.2, 0) is 6.42 Å². The molecule has 1 aromatic heterocycles. The molecule has 0 saturated heterocycles. The molecule has 72 valence electrons. The lowest BCUT2D eigenvalue weighted by atomic mass is 10.2. The summed E-state index contributed by atoms with van der Waals surface area (Å²) in [6, 6.07) is 0. The average Bonchev–Trinajstić information content (AvgIpc) is 2.10. The fraction of sp³-hybridized carbons (Fsp3) is 0.600. The van der Waals surface area contributed by atoms with Crippen LogP contribution < -0.4 is 0 Å². The van der Waals surface area contributed by atoms with Crippen molar-refractivity contribution in [2.45, 2.75) is 33.6 Å². The van der Waals surface area contributed by atoms with E-state index in [1.165, 1.54) is 0 Å². The number of hydrogen-bond donors (Lipinski definition) is 1. The van der Waals surface area contributed by atoms with Crippen LogP contribution in [0.3, 0.4) is 0 Å². The highest BCUT2D eigenvalue weighted by atomic mass is 16.2. The maximum atomic E-state index is 8.67. The molecule has 3 nitrogen and oxygen atoms in total. The minimum Gasteiger partial charge on any atom is -0.396 e. The Morgan fingerprint density at radius 1 is 1.08 bits per heavy atom. The van der Waals surface area contributed by atoms with Gasteiger partial charge in [-0.15, -0.1) is 0 Å². The highest BCUT2D eigenvalue weighted by Crippen LogP contribution is 2.08. The molecule has 0 unspecified atom stereocenters. The van der Waals surface area contributed by atoms with Crippen LogP contribution in [0.25, 0.3) is 0 Å². The number of aliphatic hydroxyl groups excluding tert-OH is 1. The third-order valence-corrected chi connectivity index (χ3v) is 2.24. The first-order valence-electron chi connectivity index (χ1n) is 4.56. The van der Waals surface area contributed by atoms with Crippen molar-refractivity contribution in [1.29, 1.82) is 0 Å². The largest absolute Gasteiger partial charge is 0.396 e. The second kappa shape index (κ2) is 4.33. The highest BCUT2D eigenvalue weighted by Gasteiger charge is 2.03. The molecule has 0 spiro atoms. The number of hydrogen-bond acceptors (Lipinski definition) is 3. The van der Waals surface area contributed by atoms with Crippen LogP contribution in [0.2, 0.25) is 0 Å². The van der Waals surface area contributed by atoms with E-state index in [0.29, 0.717) is 0 Å². The molecule has 0 aliphatic heterocycles. The van der Waals surface area contributed by atoms with Crippen LogP contribution >= 0.6 is 0 Å². The van der Waals surface area contributed by atoms with E-state index >= 15 is 0 Å². The van der Waals surface area contributed by atoms with Crippen LogP contribution in [0.5, 0.6) is 0 Å². The summed E-state index contributed by atoms with van der Waals surface area (Å²) >= 11 is 0. The van der Waals surface area contributed by atoms with Gasteiger partial charge in [-0.25, -0.2) is 9.97 Å². The van der Waals surface area contributed by atoms with Crippen LogP contribution in [0.15, 0.2) is 0 Å². The first kappa shape index (κ1) is 10.1. The molecule has 13 heavy (non-hydrogen) atoms. The molecule has 1 rings (SSSR count). The molecule has 0 bridgehead atoms. The first-order chi connectivity index (χ1) is 6.15. The Labute approximate surface area is 78.9 Å². The number of nitrogens with zero attached hydrogens (tertiary/aromatic N) is 2. The normalized spacial score (nSPS) is 10.5. The molecular weight excluding hydrogens is 164 g/mol. The Balaban J connectivity index is 2.86. The Hall–Kier alpha value is -0.960. The maximum absolute atomic E-state index is 8.67. The quantitative estimate of drug-likeness (QED) is 0.763. The predicted octanol–water partition coefficient (Wildman–Crippen LogP) is 1.33. The standard InChI is InChI=1S/C10H16N2O/c1-7-8(2)11-10(5-4-6-13)12-9(7)3/h13H,4-6H2,1-3H3. The van der Waals surface area contributed by atoms with Gasteiger partial charge in [-0.05, 0) is 32.8 Å². The fourth-order valence-corrected chi connectivity index (χ4v) is 1.19. The zero-order chi connectivity index (χ0) is 9.84. The van der Waals surface area contributed by atoms with Crippen LogP contribution in [-0.4, -0.2) is 21.7 Å². The molecule has 1 N–H and O–H groups in total. The van der Waals surface area contributed by atoms with E-state index in [2.05, 4.69) is 9.97 Å². The number of aliphatic hydroxyl groups is 1. The molecule has 3 heteroatoms. The van der Waals surface area contributed by atoms with Gasteiger partial charge >= 0.3 is 0 Å². The van der Waals surface area contributed by atoms with E-state index in [1.807, 2.05) is 20.8 Å². The van der Waals surface area contributed by atoms with Gasteiger partial charge in [0.05, 0.1) is 0 Å². The second-order valence-corrected chi connectivity index (χ2v) is 3.26. The van der Waals surface area contributed by atoms with E-state index in [4.69, 9.17) is 5.11 Å². The molecule has 0 aromatic carbocycles. The van der Waals surface area contributed by atoms with E-state index in [-0.39, 0.29) is 6.61 Å². The molecule has 0 aliphatic rings. The molecule has 0 amide bonds. The lowest BCUT2D eigenvalue weighted by Crippen LogP contribution is -2.03. The molecule has 1 heterocycles. The fourth-order valence-electron chi connectivity index (χ4n) is 1.19. The van der Waals surface area contributed by atoms with Crippen LogP contribution in [0, 0.1) is 20.8 Å². The summed E-state index contributed by atoms with van der Waals surface area (Å²) in [6.07, 6.45) is 1.50. The van der Waals surface area contributed by atoms with Gasteiger partial charge in [0.25, 0.3) is 0 Å². The molecule has 0 radical (unpaired) electrons. The van der Waals surface area contributed by atoms with E-state index in [0.717, 1.165) is 35.6 Å². The Bertz CT molecular complexity index is 274. The summed E-state index contributed by atoms with van der Waals surface area (Å²) in [6.45, 7) is 6.22. The van der Waals surface area contributed by atoms with Gasteiger partial charge < -0.3 is 5.11 Å². The topological polar surface area (TPSA) is 46.0 Å². The lowest BCUT2D eigenvalue weighted by Gasteiger charge is -2.05. The van der Waals surface area contributed by atoms with Crippen molar-refractivity contribution in [2.75, 3.05) is 6.61 Å². The van der Waals surface area contributed by atoms with Gasteiger partial charge in [0.15, 0.2) is 0 Å². The summed E-state index contributed by atoms with van der Waals surface area (Å²) in [7, 11) is 0. The van der Waals surface area contributed by atoms with Crippen molar-refractivity contribution in [2.24, 2.45) is 0 Å². The maximum Gasteiger partial charge on any atom is 0.128 e. The van der Waals surface area contributed by atoms with Crippen molar-refractivity contribution in [1.82, 2.24) is 9.97 Å². The van der Waals surface area contributed by atoms with Gasteiger partial charge in [-0.2, -0.15) is 0 Å². The molecule has 0 aliphatic carbocycles. The minimum absolute atomic E-state index is 0.204. The van der Waals surface area contributed by atoms with Gasteiger partial charge in [0, 0.05) is 24.4 Å². The Morgan fingerprint density at radius 3 is 2.08 bits per heavy atom. The Morgan fingerprint density at radius 2 is 1.62 bits per heavy atom. The summed E-state index contributed by atoms with van der Waals surface area (Å²) in [5, 5.41) is 8.67. The third-order valence-electron chi connectivity index (χ3n) is 2.24. The first-order valence-corrected chi connectivity index (χ1v) is 4.56. The van der Waals surface area contributed by atoms with Crippen LogP contribution in [0.1, 0.15) is 29.2 Å². The number of rotatable bonds is 3. The van der Waals surface area contributed by atoms with Crippen molar-refractivity contribution in [3.05, 3.63) is 22.8 Å². The third kappa shape index (κ3) is 2.49. The van der Waals surface area contributed by atoms with E-state index in [1.54, 1.807) is 0 Å². The highest BCUT2D eigenvalue weighted by molar-refractivity contribution is 5.22. The summed E-state index contributed by atoms with van der Waals surface area (Å²) in [5.74, 6) is 0.842. The molecule has 0 atom stereocenters. The average molecular weight is 180 g/mol. The molecule has 1 aromatic rings. The van der Waals surface area contributed by atoms with Crippen molar-refractivity contribution < 1.29 is 5.11 Å². The SMILES string of the molecule is Cc1nc(CCCO)nc(C)c1C. The monoisotopic (exact) mass is 180 g/mol. The predicted molar refractivity (Wildman–Crippen MR) is 51.6 cm³/mol. The van der Waals surface area contributed by atoms with Gasteiger partial charge in [0.1, 0.15) is 5.82 Å². The number of aromatic nitrogens is 2. The lowest BCUT2D eigenvalue weighted by molar-refractivity contribution is 0.287. The van der Waals surface area contributed by atoms with Crippen molar-refractivity contribution in [3.63, 3.8) is 0 Å². The second-order valence-electron chi connectivity index (χ2n) is 3.26. The molecular formula is C10H16N2O. The Kier molecular flexibility index (Phi) is 3.37. The smallest absolute Gasteiger partial charge is 0.128 e. The zero-order valence-electron chi connectivity index (χ0n) is 8.46. The van der Waals surface area contributed by atoms with Crippen molar-refractivity contribution >= 4 is 0 Å². The van der Waals surface area contributed by atoms with E-state index in [9.17, 15) is 0 Å². The van der Waals surface area contributed by atoms with Crippen LogP contribution in [0.4, 0.5) is 0 Å². The van der Waals surface area contributed by atoms with Gasteiger partial charge in [-0.3, -0.25) is 0 Å². The van der Waals surface area contributed by atoms with Crippen molar-refractivity contribution in [3.8, 4) is 0 Å². The number of aryl methyl sites for hydroxylation is 3. The summed E-state index contributed by atoms with van der Waals surface area (Å²) in [5.41, 5.74) is 3.24. The minimum atomic E-state index is 0.204. The molecule has 0 fully saturated rings. The van der Waals surface area contributed by atoms with Gasteiger partial charge in [-0.1, -0.05) is 0 Å². The summed E-state index contributed by atoms with van der Waals surface area (Å²) < 4.78 is 0. The van der Waals surface area contributed by atoms with Gasteiger partial charge in [0.2, 0.25) is 0 Å². The summed E-state index contributed by atoms with van der Waals surface area (Å²) in [4.78, 5) is 8.70.